The van der Waals surface area contributed by atoms with Crippen molar-refractivity contribution < 1.29 is 13.7 Å². The molecule has 0 saturated heterocycles. The van der Waals surface area contributed by atoms with Gasteiger partial charge in [-0.15, -0.1) is 11.3 Å². The van der Waals surface area contributed by atoms with Crippen molar-refractivity contribution in [2.75, 3.05) is 0 Å². The number of halogens is 1. The number of hydrogen-bond acceptors (Lipinski definition) is 6. The van der Waals surface area contributed by atoms with Gasteiger partial charge in [-0.2, -0.15) is 4.98 Å². The molecule has 2 heterocycles. The third kappa shape index (κ3) is 3.80. The summed E-state index contributed by atoms with van der Waals surface area (Å²) in [5, 5.41) is 7.29. The van der Waals surface area contributed by atoms with Crippen LogP contribution in [0.25, 0.3) is 10.6 Å². The Kier molecular flexibility index (Phi) is 5.13. The number of nitrogens with one attached hydrogen (secondary N) is 1. The van der Waals surface area contributed by atoms with E-state index in [-0.39, 0.29) is 11.7 Å². The van der Waals surface area contributed by atoms with Crippen LogP contribution in [0, 0.1) is 5.82 Å². The molecule has 0 saturated carbocycles. The molecule has 0 aliphatic carbocycles. The van der Waals surface area contributed by atoms with Crippen molar-refractivity contribution in [2.45, 2.75) is 39.2 Å². The van der Waals surface area contributed by atoms with Crippen LogP contribution in [0.15, 0.2) is 35.0 Å². The van der Waals surface area contributed by atoms with Gasteiger partial charge in [-0.05, 0) is 32.4 Å². The van der Waals surface area contributed by atoms with Crippen molar-refractivity contribution in [1.82, 2.24) is 20.4 Å². The Morgan fingerprint density at radius 3 is 2.85 bits per heavy atom. The van der Waals surface area contributed by atoms with Gasteiger partial charge < -0.3 is 9.84 Å². The third-order valence-electron chi connectivity index (χ3n) is 3.75. The number of nitrogens with zero attached hydrogens (tertiary/aromatic N) is 3. The van der Waals surface area contributed by atoms with Crippen LogP contribution in [0.3, 0.4) is 0 Å². The lowest BCUT2D eigenvalue weighted by atomic mass is 10.0. The molecule has 1 aromatic carbocycles. The first-order chi connectivity index (χ1) is 12.4. The van der Waals surface area contributed by atoms with Gasteiger partial charge in [0.15, 0.2) is 5.82 Å². The van der Waals surface area contributed by atoms with Crippen LogP contribution in [0.5, 0.6) is 0 Å². The van der Waals surface area contributed by atoms with Crippen LogP contribution in [-0.4, -0.2) is 21.0 Å². The van der Waals surface area contributed by atoms with Crippen molar-refractivity contribution in [3.8, 4) is 10.6 Å². The molecule has 8 heteroatoms. The lowest BCUT2D eigenvalue weighted by Gasteiger charge is -2.21. The standard InChI is InChI=1S/C18H19FN4O2S/c1-4-7-14-21-17(23-25-14)18(2,3)22-15(24)13-10-20-16(26-13)11-8-5-6-9-12(11)19/h5-6,8-10H,4,7H2,1-3H3,(H,22,24). The fourth-order valence-corrected chi connectivity index (χ4v) is 3.20. The lowest BCUT2D eigenvalue weighted by Crippen LogP contribution is -2.41. The smallest absolute Gasteiger partial charge is 0.263 e. The highest BCUT2D eigenvalue weighted by Crippen LogP contribution is 2.28. The zero-order valence-electron chi connectivity index (χ0n) is 14.7. The summed E-state index contributed by atoms with van der Waals surface area (Å²) in [5.41, 5.74) is -0.437. The molecule has 6 nitrogen and oxygen atoms in total. The number of aryl methyl sites for hydroxylation is 1. The molecule has 3 rings (SSSR count). The maximum absolute atomic E-state index is 13.9. The molecule has 0 bridgehead atoms. The van der Waals surface area contributed by atoms with E-state index in [1.807, 2.05) is 6.92 Å². The summed E-state index contributed by atoms with van der Waals surface area (Å²) in [7, 11) is 0. The fraction of sp³-hybridized carbons (Fsp3) is 0.333. The minimum absolute atomic E-state index is 0.322. The fourth-order valence-electron chi connectivity index (χ4n) is 2.36. The van der Waals surface area contributed by atoms with Gasteiger partial charge in [0, 0.05) is 12.0 Å². The molecule has 136 valence electrons. The first-order valence-electron chi connectivity index (χ1n) is 8.27. The molecule has 26 heavy (non-hydrogen) atoms. The van der Waals surface area contributed by atoms with E-state index < -0.39 is 5.54 Å². The highest BCUT2D eigenvalue weighted by Gasteiger charge is 2.29. The molecule has 0 fully saturated rings. The van der Waals surface area contributed by atoms with E-state index in [2.05, 4.69) is 20.4 Å². The van der Waals surface area contributed by atoms with E-state index in [1.54, 1.807) is 32.0 Å². The van der Waals surface area contributed by atoms with Crippen molar-refractivity contribution in [1.29, 1.82) is 0 Å². The van der Waals surface area contributed by atoms with Crippen molar-refractivity contribution in [2.24, 2.45) is 0 Å². The number of benzene rings is 1. The normalized spacial score (nSPS) is 11.5. The Morgan fingerprint density at radius 2 is 2.12 bits per heavy atom. The zero-order chi connectivity index (χ0) is 18.7. The Morgan fingerprint density at radius 1 is 1.35 bits per heavy atom. The molecule has 1 amide bonds. The Hall–Kier alpha value is -2.61. The first-order valence-corrected chi connectivity index (χ1v) is 9.08. The van der Waals surface area contributed by atoms with Crippen molar-refractivity contribution in [3.05, 3.63) is 52.9 Å². The first kappa shape index (κ1) is 18.2. The summed E-state index contributed by atoms with van der Waals surface area (Å²) in [6.07, 6.45) is 3.03. The molecule has 1 N–H and O–H groups in total. The second-order valence-corrected chi connectivity index (χ2v) is 7.38. The van der Waals surface area contributed by atoms with E-state index in [9.17, 15) is 9.18 Å². The quantitative estimate of drug-likeness (QED) is 0.706. The van der Waals surface area contributed by atoms with Crippen LogP contribution in [0.1, 0.15) is 48.6 Å². The second-order valence-electron chi connectivity index (χ2n) is 6.35. The minimum atomic E-state index is -0.811. The molecule has 0 radical (unpaired) electrons. The number of rotatable bonds is 6. The summed E-state index contributed by atoms with van der Waals surface area (Å²) in [5.74, 6) is 0.263. The third-order valence-corrected chi connectivity index (χ3v) is 4.78. The van der Waals surface area contributed by atoms with Gasteiger partial charge >= 0.3 is 0 Å². The van der Waals surface area contributed by atoms with Gasteiger partial charge in [0.2, 0.25) is 5.89 Å². The highest BCUT2D eigenvalue weighted by molar-refractivity contribution is 7.16. The van der Waals surface area contributed by atoms with Crippen molar-refractivity contribution >= 4 is 17.2 Å². The highest BCUT2D eigenvalue weighted by atomic mass is 32.1. The number of carbonyl (C=O) groups is 1. The molecule has 0 atom stereocenters. The van der Waals surface area contributed by atoms with Crippen LogP contribution < -0.4 is 5.32 Å². The Bertz CT molecular complexity index is 919. The maximum atomic E-state index is 13.9. The summed E-state index contributed by atoms with van der Waals surface area (Å²) in [6, 6.07) is 6.34. The molecular weight excluding hydrogens is 355 g/mol. The number of thiazole rings is 1. The van der Waals surface area contributed by atoms with Crippen molar-refractivity contribution in [3.63, 3.8) is 0 Å². The van der Waals surface area contributed by atoms with E-state index in [0.29, 0.717) is 33.6 Å². The van der Waals surface area contributed by atoms with Gasteiger partial charge in [0.05, 0.1) is 11.7 Å². The summed E-state index contributed by atoms with van der Waals surface area (Å²) < 4.78 is 19.1. The monoisotopic (exact) mass is 374 g/mol. The average Bonchev–Trinajstić information content (AvgIpc) is 3.25. The van der Waals surface area contributed by atoms with Gasteiger partial charge in [0.1, 0.15) is 15.7 Å². The van der Waals surface area contributed by atoms with Gasteiger partial charge in [-0.3, -0.25) is 4.79 Å². The predicted molar refractivity (Wildman–Crippen MR) is 96.3 cm³/mol. The summed E-state index contributed by atoms with van der Waals surface area (Å²) in [4.78, 5) is 21.5. The predicted octanol–water partition coefficient (Wildman–Crippen LogP) is 3.95. The molecule has 0 aliphatic rings. The number of aromatic nitrogens is 3. The minimum Gasteiger partial charge on any atom is -0.339 e. The van der Waals surface area contributed by atoms with Gasteiger partial charge in [-0.25, -0.2) is 9.37 Å². The van der Waals surface area contributed by atoms with E-state index in [1.165, 1.54) is 12.3 Å². The van der Waals surface area contributed by atoms with Crippen LogP contribution in [0.4, 0.5) is 4.39 Å². The maximum Gasteiger partial charge on any atom is 0.263 e. The van der Waals surface area contributed by atoms with E-state index in [0.717, 1.165) is 17.8 Å². The van der Waals surface area contributed by atoms with Crippen LogP contribution in [-0.2, 0) is 12.0 Å². The molecule has 0 aliphatic heterocycles. The topological polar surface area (TPSA) is 80.9 Å². The largest absolute Gasteiger partial charge is 0.339 e. The van der Waals surface area contributed by atoms with Gasteiger partial charge in [-0.1, -0.05) is 24.2 Å². The number of amides is 1. The van der Waals surface area contributed by atoms with Gasteiger partial charge in [0.25, 0.3) is 5.91 Å². The van der Waals surface area contributed by atoms with Crippen LogP contribution >= 0.6 is 11.3 Å². The Balaban J connectivity index is 1.76. The molecular formula is C18H19FN4O2S. The Labute approximate surface area is 154 Å². The number of carbonyl (C=O) groups excluding carboxylic acids is 1. The lowest BCUT2D eigenvalue weighted by molar-refractivity contribution is 0.0911. The average molecular weight is 374 g/mol. The zero-order valence-corrected chi connectivity index (χ0v) is 15.6. The summed E-state index contributed by atoms with van der Waals surface area (Å²) in [6.45, 7) is 5.61. The number of hydrogen-bond donors (Lipinski definition) is 1. The van der Waals surface area contributed by atoms with Crippen LogP contribution in [0.2, 0.25) is 0 Å². The van der Waals surface area contributed by atoms with E-state index in [4.69, 9.17) is 4.52 Å². The summed E-state index contributed by atoms with van der Waals surface area (Å²) >= 11 is 1.13. The molecule has 0 unspecified atom stereocenters. The molecule has 3 aromatic rings. The van der Waals surface area contributed by atoms with E-state index >= 15 is 0 Å². The molecule has 0 spiro atoms. The molecule has 2 aromatic heterocycles. The second kappa shape index (κ2) is 7.33. The SMILES string of the molecule is CCCc1nc(C(C)(C)NC(=O)c2cnc(-c3ccccc3F)s2)no1.